The molecule has 2 aromatic carbocycles. The van der Waals surface area contributed by atoms with Crippen molar-refractivity contribution in [2.24, 2.45) is 0 Å². The summed E-state index contributed by atoms with van der Waals surface area (Å²) in [4.78, 5) is -0.0307. The molecule has 16 heavy (non-hydrogen) atoms. The lowest BCUT2D eigenvalue weighted by atomic mass is 10.0. The highest BCUT2D eigenvalue weighted by molar-refractivity contribution is 7.86. The fourth-order valence-corrected chi connectivity index (χ4v) is 2.50. The number of hydrogen-bond acceptors (Lipinski definition) is 2. The van der Waals surface area contributed by atoms with E-state index in [0.29, 0.717) is 5.39 Å². The van der Waals surface area contributed by atoms with Crippen molar-refractivity contribution < 1.29 is 13.0 Å². The van der Waals surface area contributed by atoms with E-state index in [1.807, 2.05) is 26.0 Å². The molecule has 2 aromatic rings. The van der Waals surface area contributed by atoms with Gasteiger partial charge in [0.2, 0.25) is 0 Å². The normalized spacial score (nSPS) is 11.9. The topological polar surface area (TPSA) is 54.4 Å². The molecule has 0 saturated carbocycles. The van der Waals surface area contributed by atoms with Crippen molar-refractivity contribution in [3.63, 3.8) is 0 Å². The number of benzene rings is 2. The van der Waals surface area contributed by atoms with Crippen molar-refractivity contribution in [2.45, 2.75) is 18.7 Å². The van der Waals surface area contributed by atoms with Gasteiger partial charge in [-0.2, -0.15) is 8.42 Å². The number of fused-ring (bicyclic) bond motifs is 1. The standard InChI is InChI=1S/C12H12O3S/c1-8-3-5-10-9(2)4-6-12(11(10)7-8)16(13,14)15/h3-7H,1-2H3,(H,13,14,15). The van der Waals surface area contributed by atoms with Gasteiger partial charge in [0.1, 0.15) is 4.90 Å². The van der Waals surface area contributed by atoms with Gasteiger partial charge in [0.05, 0.1) is 0 Å². The van der Waals surface area contributed by atoms with Crippen molar-refractivity contribution in [2.75, 3.05) is 0 Å². The van der Waals surface area contributed by atoms with Gasteiger partial charge in [-0.1, -0.05) is 29.8 Å². The van der Waals surface area contributed by atoms with E-state index in [0.717, 1.165) is 16.5 Å². The van der Waals surface area contributed by atoms with Crippen LogP contribution in [0, 0.1) is 13.8 Å². The van der Waals surface area contributed by atoms with E-state index in [-0.39, 0.29) is 4.90 Å². The van der Waals surface area contributed by atoms with Crippen molar-refractivity contribution in [1.29, 1.82) is 0 Å². The minimum absolute atomic E-state index is 0.0307. The Balaban J connectivity index is 2.98. The molecule has 2 rings (SSSR count). The summed E-state index contributed by atoms with van der Waals surface area (Å²) in [6.45, 7) is 3.79. The molecule has 0 aromatic heterocycles. The van der Waals surface area contributed by atoms with Crippen LogP contribution in [0.3, 0.4) is 0 Å². The lowest BCUT2D eigenvalue weighted by Crippen LogP contribution is -1.99. The first-order valence-corrected chi connectivity index (χ1v) is 6.31. The second kappa shape index (κ2) is 3.57. The number of rotatable bonds is 1. The Morgan fingerprint density at radius 2 is 1.69 bits per heavy atom. The summed E-state index contributed by atoms with van der Waals surface area (Å²) >= 11 is 0. The third-order valence-electron chi connectivity index (χ3n) is 2.63. The third kappa shape index (κ3) is 1.81. The maximum Gasteiger partial charge on any atom is 0.295 e. The van der Waals surface area contributed by atoms with Gasteiger partial charge >= 0.3 is 0 Å². The highest BCUT2D eigenvalue weighted by Crippen LogP contribution is 2.26. The van der Waals surface area contributed by atoms with Crippen LogP contribution in [-0.2, 0) is 10.1 Å². The first-order chi connectivity index (χ1) is 7.39. The summed E-state index contributed by atoms with van der Waals surface area (Å²) in [6.07, 6.45) is 0. The smallest absolute Gasteiger partial charge is 0.282 e. The molecule has 1 N–H and O–H groups in total. The minimum Gasteiger partial charge on any atom is -0.282 e. The van der Waals surface area contributed by atoms with Gasteiger partial charge in [-0.05, 0) is 30.9 Å². The summed E-state index contributed by atoms with van der Waals surface area (Å²) in [5, 5.41) is 1.42. The molecule has 0 aliphatic rings. The fraction of sp³-hybridized carbons (Fsp3) is 0.167. The van der Waals surface area contributed by atoms with Crippen LogP contribution in [-0.4, -0.2) is 13.0 Å². The SMILES string of the molecule is Cc1ccc2c(C)ccc(S(=O)(=O)O)c2c1. The molecule has 0 heterocycles. The van der Waals surface area contributed by atoms with Crippen LogP contribution < -0.4 is 0 Å². The molecule has 0 fully saturated rings. The second-order valence-corrected chi connectivity index (χ2v) is 5.29. The Morgan fingerprint density at radius 3 is 2.31 bits per heavy atom. The van der Waals surface area contributed by atoms with Gasteiger partial charge < -0.3 is 0 Å². The van der Waals surface area contributed by atoms with Crippen LogP contribution in [0.15, 0.2) is 35.2 Å². The summed E-state index contributed by atoms with van der Waals surface area (Å²) < 4.78 is 31.6. The van der Waals surface area contributed by atoms with Gasteiger partial charge in [-0.25, -0.2) is 0 Å². The largest absolute Gasteiger partial charge is 0.295 e. The third-order valence-corrected chi connectivity index (χ3v) is 3.54. The average Bonchev–Trinajstić information content (AvgIpc) is 2.15. The lowest BCUT2D eigenvalue weighted by Gasteiger charge is -2.07. The molecule has 0 aliphatic heterocycles. The van der Waals surface area contributed by atoms with Crippen LogP contribution in [0.2, 0.25) is 0 Å². The number of hydrogen-bond donors (Lipinski definition) is 1. The lowest BCUT2D eigenvalue weighted by molar-refractivity contribution is 0.484. The predicted molar refractivity (Wildman–Crippen MR) is 63.2 cm³/mol. The van der Waals surface area contributed by atoms with Crippen LogP contribution in [0.4, 0.5) is 0 Å². The first-order valence-electron chi connectivity index (χ1n) is 4.87. The summed E-state index contributed by atoms with van der Waals surface area (Å²) in [5.74, 6) is 0. The Morgan fingerprint density at radius 1 is 1.00 bits per heavy atom. The van der Waals surface area contributed by atoms with Gasteiger partial charge in [0.15, 0.2) is 0 Å². The van der Waals surface area contributed by atoms with Crippen LogP contribution in [0.5, 0.6) is 0 Å². The van der Waals surface area contributed by atoms with Crippen LogP contribution in [0.1, 0.15) is 11.1 Å². The molecular formula is C12H12O3S. The zero-order chi connectivity index (χ0) is 11.9. The predicted octanol–water partition coefficient (Wildman–Crippen LogP) is 2.70. The van der Waals surface area contributed by atoms with Crippen molar-refractivity contribution in [3.05, 3.63) is 41.5 Å². The summed E-state index contributed by atoms with van der Waals surface area (Å²) in [6, 6.07) is 8.69. The quantitative estimate of drug-likeness (QED) is 0.774. The highest BCUT2D eigenvalue weighted by Gasteiger charge is 2.14. The molecular weight excluding hydrogens is 224 g/mol. The van der Waals surface area contributed by atoms with Gasteiger partial charge in [0, 0.05) is 5.39 Å². The molecule has 0 amide bonds. The minimum atomic E-state index is -4.16. The molecule has 0 atom stereocenters. The van der Waals surface area contributed by atoms with Gasteiger partial charge in [-0.15, -0.1) is 0 Å². The Kier molecular flexibility index (Phi) is 2.48. The van der Waals surface area contributed by atoms with Crippen LogP contribution in [0.25, 0.3) is 10.8 Å². The molecule has 0 unspecified atom stereocenters. The fourth-order valence-electron chi connectivity index (χ4n) is 1.81. The zero-order valence-electron chi connectivity index (χ0n) is 9.06. The van der Waals surface area contributed by atoms with Crippen LogP contribution >= 0.6 is 0 Å². The van der Waals surface area contributed by atoms with E-state index >= 15 is 0 Å². The van der Waals surface area contributed by atoms with E-state index < -0.39 is 10.1 Å². The summed E-state index contributed by atoms with van der Waals surface area (Å²) in [7, 11) is -4.16. The Hall–Kier alpha value is -1.39. The number of aryl methyl sites for hydroxylation is 2. The molecule has 84 valence electrons. The van der Waals surface area contributed by atoms with Gasteiger partial charge in [0.25, 0.3) is 10.1 Å². The Bertz CT molecular complexity index is 657. The van der Waals surface area contributed by atoms with E-state index in [1.54, 1.807) is 12.1 Å². The molecule has 0 aliphatic carbocycles. The molecule has 3 nitrogen and oxygen atoms in total. The van der Waals surface area contributed by atoms with Crippen molar-refractivity contribution >= 4 is 20.9 Å². The monoisotopic (exact) mass is 236 g/mol. The van der Waals surface area contributed by atoms with Crippen molar-refractivity contribution in [3.8, 4) is 0 Å². The molecule has 4 heteroatoms. The molecule has 0 saturated heterocycles. The van der Waals surface area contributed by atoms with Crippen molar-refractivity contribution in [1.82, 2.24) is 0 Å². The second-order valence-electron chi connectivity index (χ2n) is 3.90. The van der Waals surface area contributed by atoms with E-state index in [2.05, 4.69) is 0 Å². The highest BCUT2D eigenvalue weighted by atomic mass is 32.2. The molecule has 0 bridgehead atoms. The molecule has 0 radical (unpaired) electrons. The van der Waals surface area contributed by atoms with E-state index in [1.165, 1.54) is 6.07 Å². The average molecular weight is 236 g/mol. The van der Waals surface area contributed by atoms with E-state index in [4.69, 9.17) is 4.55 Å². The first kappa shape index (κ1) is 11.1. The van der Waals surface area contributed by atoms with E-state index in [9.17, 15) is 8.42 Å². The maximum atomic E-state index is 11.2. The molecule has 0 spiro atoms. The summed E-state index contributed by atoms with van der Waals surface area (Å²) in [5.41, 5.74) is 1.95. The zero-order valence-corrected chi connectivity index (χ0v) is 9.88. The Labute approximate surface area is 94.5 Å². The van der Waals surface area contributed by atoms with Gasteiger partial charge in [-0.3, -0.25) is 4.55 Å². The maximum absolute atomic E-state index is 11.2.